The van der Waals surface area contributed by atoms with E-state index in [9.17, 15) is 14.9 Å². The number of primary amides is 1. The number of pyridine rings is 1. The lowest BCUT2D eigenvalue weighted by atomic mass is 9.95. The van der Waals surface area contributed by atoms with Crippen LogP contribution in [0.1, 0.15) is 40.6 Å². The molecule has 8 nitrogen and oxygen atoms in total. The van der Waals surface area contributed by atoms with Crippen LogP contribution in [0, 0.1) is 17.2 Å². The summed E-state index contributed by atoms with van der Waals surface area (Å²) >= 11 is 1.17. The van der Waals surface area contributed by atoms with Gasteiger partial charge in [0.2, 0.25) is 5.91 Å². The number of likely N-dealkylation sites (tertiary alicyclic amines) is 1. The van der Waals surface area contributed by atoms with Crippen molar-refractivity contribution in [2.45, 2.75) is 26.2 Å². The molecule has 0 aliphatic carbocycles. The number of benzene rings is 1. The van der Waals surface area contributed by atoms with E-state index in [4.69, 9.17) is 17.2 Å². The van der Waals surface area contributed by atoms with Gasteiger partial charge in [-0.25, -0.2) is 4.98 Å². The highest BCUT2D eigenvalue weighted by Crippen LogP contribution is 2.43. The highest BCUT2D eigenvalue weighted by atomic mass is 32.1. The monoisotopic (exact) mass is 448 g/mol. The Morgan fingerprint density at radius 1 is 1.22 bits per heavy atom. The number of nitrogen functional groups attached to an aromatic ring is 2. The number of carbonyl (C=O) groups excluding carboxylic acids is 2. The fraction of sp³-hybridized carbons (Fsp3) is 0.304. The molecule has 3 heterocycles. The number of carbonyl (C=O) groups is 2. The molecule has 32 heavy (non-hydrogen) atoms. The summed E-state index contributed by atoms with van der Waals surface area (Å²) in [5.74, 6) is -0.646. The molecule has 2 aromatic heterocycles. The molecule has 1 aliphatic heterocycles. The number of hydrogen-bond donors (Lipinski definition) is 3. The molecular formula is C23H24N6O2S. The zero-order valence-corrected chi connectivity index (χ0v) is 18.5. The predicted molar refractivity (Wildman–Crippen MR) is 126 cm³/mol. The van der Waals surface area contributed by atoms with E-state index >= 15 is 0 Å². The Kier molecular flexibility index (Phi) is 5.72. The summed E-state index contributed by atoms with van der Waals surface area (Å²) in [4.78, 5) is 31.6. The molecule has 0 saturated carbocycles. The van der Waals surface area contributed by atoms with Crippen molar-refractivity contribution in [3.8, 4) is 17.2 Å². The summed E-state index contributed by atoms with van der Waals surface area (Å²) < 4.78 is 0. The molecule has 164 valence electrons. The Balaban J connectivity index is 1.80. The van der Waals surface area contributed by atoms with Crippen LogP contribution in [0.3, 0.4) is 0 Å². The average Bonchev–Trinajstić information content (AvgIpc) is 3.13. The van der Waals surface area contributed by atoms with E-state index in [2.05, 4.69) is 18.0 Å². The van der Waals surface area contributed by atoms with E-state index in [-0.39, 0.29) is 29.1 Å². The van der Waals surface area contributed by atoms with Gasteiger partial charge in [0.15, 0.2) is 0 Å². The van der Waals surface area contributed by atoms with Gasteiger partial charge in [0.1, 0.15) is 27.2 Å². The minimum Gasteiger partial charge on any atom is -0.397 e. The third kappa shape index (κ3) is 3.63. The standard InChI is InChI=1S/C23H24N6O2S/c1-2-12-3-5-13(6-4-12)16-15(11-24)20(26)28-22-17(16)18(25)19(32-22)23(31)29-9-7-14(8-10-29)21(27)30/h3-6,14H,2,7-10,25H2,1H3,(H2,26,28)(H2,27,30). The summed E-state index contributed by atoms with van der Waals surface area (Å²) in [6, 6.07) is 10.0. The molecule has 0 spiro atoms. The van der Waals surface area contributed by atoms with Crippen molar-refractivity contribution in [1.29, 1.82) is 5.26 Å². The molecule has 3 aromatic rings. The maximum absolute atomic E-state index is 13.3. The molecule has 1 saturated heterocycles. The molecule has 6 N–H and O–H groups in total. The van der Waals surface area contributed by atoms with E-state index < -0.39 is 0 Å². The summed E-state index contributed by atoms with van der Waals surface area (Å²) in [5.41, 5.74) is 21.1. The number of hydrogen-bond acceptors (Lipinski definition) is 7. The number of rotatable bonds is 4. The van der Waals surface area contributed by atoms with Crippen LogP contribution in [0.25, 0.3) is 21.3 Å². The van der Waals surface area contributed by atoms with Gasteiger partial charge in [-0.15, -0.1) is 11.3 Å². The lowest BCUT2D eigenvalue weighted by Gasteiger charge is -2.30. The molecule has 1 aliphatic rings. The Morgan fingerprint density at radius 3 is 2.44 bits per heavy atom. The third-order valence-corrected chi connectivity index (χ3v) is 7.13. The molecule has 0 unspecified atom stereocenters. The zero-order chi connectivity index (χ0) is 23.0. The van der Waals surface area contributed by atoms with Crippen molar-refractivity contribution in [3.05, 3.63) is 40.3 Å². The van der Waals surface area contributed by atoms with E-state index in [0.717, 1.165) is 12.0 Å². The minimum atomic E-state index is -0.332. The second-order valence-electron chi connectivity index (χ2n) is 7.90. The molecule has 9 heteroatoms. The van der Waals surface area contributed by atoms with Gasteiger partial charge in [0.25, 0.3) is 5.91 Å². The summed E-state index contributed by atoms with van der Waals surface area (Å²) in [5, 5.41) is 10.4. The number of aromatic nitrogens is 1. The first kappa shape index (κ1) is 21.6. The Hall–Kier alpha value is -3.64. The molecule has 0 radical (unpaired) electrons. The van der Waals surface area contributed by atoms with Crippen molar-refractivity contribution in [3.63, 3.8) is 0 Å². The fourth-order valence-corrected chi connectivity index (χ4v) is 5.23. The van der Waals surface area contributed by atoms with Crippen LogP contribution in [0.15, 0.2) is 24.3 Å². The molecule has 0 atom stereocenters. The van der Waals surface area contributed by atoms with Crippen LogP contribution in [-0.4, -0.2) is 34.8 Å². The first-order valence-corrected chi connectivity index (χ1v) is 11.3. The largest absolute Gasteiger partial charge is 0.397 e. The number of nitriles is 1. The normalized spacial score (nSPS) is 14.4. The number of anilines is 2. The van der Waals surface area contributed by atoms with Crippen molar-refractivity contribution < 1.29 is 9.59 Å². The lowest BCUT2D eigenvalue weighted by Crippen LogP contribution is -2.41. The van der Waals surface area contributed by atoms with E-state index in [0.29, 0.717) is 52.3 Å². The number of piperidine rings is 1. The van der Waals surface area contributed by atoms with Gasteiger partial charge in [-0.05, 0) is 30.4 Å². The van der Waals surface area contributed by atoms with Crippen molar-refractivity contribution in [2.24, 2.45) is 11.7 Å². The second kappa shape index (κ2) is 8.48. The Morgan fingerprint density at radius 2 is 1.88 bits per heavy atom. The van der Waals surface area contributed by atoms with Gasteiger partial charge >= 0.3 is 0 Å². The maximum atomic E-state index is 13.3. The van der Waals surface area contributed by atoms with Crippen LogP contribution in [0.4, 0.5) is 11.5 Å². The molecular weight excluding hydrogens is 424 g/mol. The van der Waals surface area contributed by atoms with E-state index in [1.165, 1.54) is 16.9 Å². The zero-order valence-electron chi connectivity index (χ0n) is 17.7. The van der Waals surface area contributed by atoms with Crippen LogP contribution in [0.5, 0.6) is 0 Å². The van der Waals surface area contributed by atoms with Gasteiger partial charge < -0.3 is 22.1 Å². The number of nitrogens with two attached hydrogens (primary N) is 3. The molecule has 4 rings (SSSR count). The van der Waals surface area contributed by atoms with Gasteiger partial charge in [0, 0.05) is 30.0 Å². The fourth-order valence-electron chi connectivity index (χ4n) is 4.15. The summed E-state index contributed by atoms with van der Waals surface area (Å²) in [7, 11) is 0. The highest BCUT2D eigenvalue weighted by molar-refractivity contribution is 7.21. The SMILES string of the molecule is CCc1ccc(-c2c(C#N)c(N)nc3sc(C(=O)N4CCC(C(N)=O)CC4)c(N)c23)cc1. The number of amides is 2. The van der Waals surface area contributed by atoms with Gasteiger partial charge in [-0.3, -0.25) is 9.59 Å². The highest BCUT2D eigenvalue weighted by Gasteiger charge is 2.30. The third-order valence-electron chi connectivity index (χ3n) is 6.05. The van der Waals surface area contributed by atoms with Crippen molar-refractivity contribution >= 4 is 44.9 Å². The topological polar surface area (TPSA) is 152 Å². The Bertz CT molecular complexity index is 1250. The summed E-state index contributed by atoms with van der Waals surface area (Å²) in [6.07, 6.45) is 1.96. The second-order valence-corrected chi connectivity index (χ2v) is 8.90. The van der Waals surface area contributed by atoms with Gasteiger partial charge in [-0.2, -0.15) is 5.26 Å². The lowest BCUT2D eigenvalue weighted by molar-refractivity contribution is -0.123. The number of aryl methyl sites for hydroxylation is 1. The molecule has 1 aromatic carbocycles. The summed E-state index contributed by atoms with van der Waals surface area (Å²) in [6.45, 7) is 2.94. The van der Waals surface area contributed by atoms with E-state index in [1.54, 1.807) is 4.90 Å². The molecule has 0 bridgehead atoms. The number of nitrogens with zero attached hydrogens (tertiary/aromatic N) is 3. The molecule has 1 fully saturated rings. The average molecular weight is 449 g/mol. The van der Waals surface area contributed by atoms with Crippen molar-refractivity contribution in [1.82, 2.24) is 9.88 Å². The first-order valence-electron chi connectivity index (χ1n) is 10.4. The number of fused-ring (bicyclic) bond motifs is 1. The van der Waals surface area contributed by atoms with E-state index in [1.807, 2.05) is 24.3 Å². The Labute approximate surface area is 189 Å². The quantitative estimate of drug-likeness (QED) is 0.558. The minimum absolute atomic E-state index is 0.108. The molecule has 2 amide bonds. The predicted octanol–water partition coefficient (Wildman–Crippen LogP) is 2.90. The van der Waals surface area contributed by atoms with Crippen LogP contribution < -0.4 is 17.2 Å². The van der Waals surface area contributed by atoms with Crippen LogP contribution in [-0.2, 0) is 11.2 Å². The van der Waals surface area contributed by atoms with Gasteiger partial charge in [0.05, 0.1) is 5.69 Å². The van der Waals surface area contributed by atoms with Crippen molar-refractivity contribution in [2.75, 3.05) is 24.6 Å². The van der Waals surface area contributed by atoms with Crippen LogP contribution in [0.2, 0.25) is 0 Å². The number of thiophene rings is 1. The van der Waals surface area contributed by atoms with Gasteiger partial charge in [-0.1, -0.05) is 31.2 Å². The maximum Gasteiger partial charge on any atom is 0.266 e. The first-order chi connectivity index (χ1) is 15.3. The smallest absolute Gasteiger partial charge is 0.266 e. The van der Waals surface area contributed by atoms with Crippen LogP contribution >= 0.6 is 11.3 Å².